The standard InChI is InChI=1S/C18H21N3O3.ClH/c1-12-4-3-7-21-15(22)8-14(19-16(12)21)10-20-9-13-5-2-6-18(13,11-20)17(23)24;/h3-4,7-8,13H,2,5-6,9-11H2,1H3,(H,23,24);1H/t13-,18+;/m0./s1. The van der Waals surface area contributed by atoms with E-state index in [1.807, 2.05) is 19.1 Å². The number of aliphatic carboxylic acids is 1. The van der Waals surface area contributed by atoms with Gasteiger partial charge in [0, 0.05) is 31.9 Å². The van der Waals surface area contributed by atoms with Crippen molar-refractivity contribution in [2.75, 3.05) is 13.1 Å². The second-order valence-electron chi connectivity index (χ2n) is 7.19. The number of carboxylic acid groups (broad SMARTS) is 1. The van der Waals surface area contributed by atoms with Gasteiger partial charge in [-0.05, 0) is 37.3 Å². The van der Waals surface area contributed by atoms with Crippen LogP contribution < -0.4 is 5.56 Å². The molecule has 2 aromatic heterocycles. The van der Waals surface area contributed by atoms with Gasteiger partial charge in [-0.15, -0.1) is 12.4 Å². The smallest absolute Gasteiger partial charge is 0.311 e. The summed E-state index contributed by atoms with van der Waals surface area (Å²) < 4.78 is 1.55. The normalized spacial score (nSPS) is 25.7. The van der Waals surface area contributed by atoms with E-state index in [0.717, 1.165) is 37.1 Å². The fourth-order valence-corrected chi connectivity index (χ4v) is 4.48. The molecule has 0 unspecified atom stereocenters. The number of aryl methyl sites for hydroxylation is 1. The molecule has 6 nitrogen and oxygen atoms in total. The SMILES string of the molecule is Cc1cccn2c(=O)cc(CN3C[C@@H]4CCC[C@@]4(C(=O)O)C3)nc12.Cl. The molecule has 4 rings (SSSR count). The van der Waals surface area contributed by atoms with Gasteiger partial charge in [0.25, 0.3) is 5.56 Å². The van der Waals surface area contributed by atoms with Gasteiger partial charge in [-0.1, -0.05) is 12.5 Å². The molecule has 0 aromatic carbocycles. The van der Waals surface area contributed by atoms with E-state index < -0.39 is 11.4 Å². The summed E-state index contributed by atoms with van der Waals surface area (Å²) in [6.45, 7) is 3.81. The Balaban J connectivity index is 0.00000182. The van der Waals surface area contributed by atoms with Crippen LogP contribution in [-0.4, -0.2) is 38.4 Å². The molecule has 25 heavy (non-hydrogen) atoms. The number of halogens is 1. The fourth-order valence-electron chi connectivity index (χ4n) is 4.48. The minimum absolute atomic E-state index is 0. The van der Waals surface area contributed by atoms with E-state index in [4.69, 9.17) is 0 Å². The van der Waals surface area contributed by atoms with Crippen LogP contribution in [0, 0.1) is 18.3 Å². The van der Waals surface area contributed by atoms with Gasteiger partial charge in [0.1, 0.15) is 5.65 Å². The molecule has 2 aliphatic rings. The van der Waals surface area contributed by atoms with Crippen molar-refractivity contribution in [1.82, 2.24) is 14.3 Å². The molecule has 1 aliphatic carbocycles. The Hall–Kier alpha value is -1.92. The van der Waals surface area contributed by atoms with E-state index in [-0.39, 0.29) is 23.9 Å². The first-order valence-electron chi connectivity index (χ1n) is 8.43. The Labute approximate surface area is 151 Å². The first-order chi connectivity index (χ1) is 11.5. The molecule has 1 N–H and O–H groups in total. The number of rotatable bonds is 3. The quantitative estimate of drug-likeness (QED) is 0.904. The number of hydrogen-bond acceptors (Lipinski definition) is 4. The van der Waals surface area contributed by atoms with Crippen LogP contribution in [0.2, 0.25) is 0 Å². The lowest BCUT2D eigenvalue weighted by atomic mass is 9.81. The van der Waals surface area contributed by atoms with Crippen molar-refractivity contribution in [1.29, 1.82) is 0 Å². The predicted molar refractivity (Wildman–Crippen MR) is 96.1 cm³/mol. The maximum absolute atomic E-state index is 12.3. The van der Waals surface area contributed by atoms with Gasteiger partial charge < -0.3 is 5.11 Å². The van der Waals surface area contributed by atoms with Gasteiger partial charge in [0.15, 0.2) is 0 Å². The second kappa shape index (κ2) is 6.42. The molecular weight excluding hydrogens is 342 g/mol. The Kier molecular flexibility index (Phi) is 4.60. The van der Waals surface area contributed by atoms with Crippen LogP contribution >= 0.6 is 12.4 Å². The van der Waals surface area contributed by atoms with Crippen LogP contribution in [-0.2, 0) is 11.3 Å². The molecule has 0 amide bonds. The van der Waals surface area contributed by atoms with E-state index >= 15 is 0 Å². The van der Waals surface area contributed by atoms with Crippen molar-refractivity contribution in [3.8, 4) is 0 Å². The van der Waals surface area contributed by atoms with Crippen LogP contribution in [0.25, 0.3) is 5.65 Å². The minimum atomic E-state index is -0.671. The minimum Gasteiger partial charge on any atom is -0.481 e. The Morgan fingerprint density at radius 3 is 3.00 bits per heavy atom. The van der Waals surface area contributed by atoms with Crippen molar-refractivity contribution in [2.24, 2.45) is 11.3 Å². The molecule has 2 atom stereocenters. The maximum atomic E-state index is 12.3. The first kappa shape index (κ1) is 17.9. The largest absolute Gasteiger partial charge is 0.481 e. The molecule has 0 radical (unpaired) electrons. The van der Waals surface area contributed by atoms with E-state index in [1.54, 1.807) is 16.7 Å². The molecule has 2 fully saturated rings. The third-order valence-electron chi connectivity index (χ3n) is 5.69. The second-order valence-corrected chi connectivity index (χ2v) is 7.19. The molecule has 1 saturated heterocycles. The molecule has 7 heteroatoms. The number of carboxylic acids is 1. The van der Waals surface area contributed by atoms with Crippen molar-refractivity contribution < 1.29 is 9.90 Å². The van der Waals surface area contributed by atoms with Gasteiger partial charge in [-0.2, -0.15) is 0 Å². The molecule has 0 spiro atoms. The van der Waals surface area contributed by atoms with Crippen LogP contribution in [0.5, 0.6) is 0 Å². The number of hydrogen-bond donors (Lipinski definition) is 1. The van der Waals surface area contributed by atoms with Crippen LogP contribution in [0.4, 0.5) is 0 Å². The summed E-state index contributed by atoms with van der Waals surface area (Å²) in [6, 6.07) is 5.34. The average molecular weight is 364 g/mol. The number of pyridine rings is 1. The molecule has 134 valence electrons. The fraction of sp³-hybridized carbons (Fsp3) is 0.500. The molecule has 1 aliphatic heterocycles. The van der Waals surface area contributed by atoms with E-state index in [2.05, 4.69) is 9.88 Å². The third kappa shape index (κ3) is 2.83. The van der Waals surface area contributed by atoms with Gasteiger partial charge in [-0.25, -0.2) is 4.98 Å². The van der Waals surface area contributed by atoms with Crippen molar-refractivity contribution in [2.45, 2.75) is 32.7 Å². The third-order valence-corrected chi connectivity index (χ3v) is 5.69. The first-order valence-corrected chi connectivity index (χ1v) is 8.43. The topological polar surface area (TPSA) is 74.9 Å². The van der Waals surface area contributed by atoms with E-state index in [9.17, 15) is 14.7 Å². The Morgan fingerprint density at radius 2 is 2.28 bits per heavy atom. The average Bonchev–Trinajstić information content (AvgIpc) is 3.06. The molecule has 2 aromatic rings. The molecule has 3 heterocycles. The van der Waals surface area contributed by atoms with Gasteiger partial charge >= 0.3 is 5.97 Å². The zero-order valence-corrected chi connectivity index (χ0v) is 15.0. The molecule has 0 bridgehead atoms. The lowest BCUT2D eigenvalue weighted by Gasteiger charge is -2.23. The van der Waals surface area contributed by atoms with E-state index in [1.165, 1.54) is 0 Å². The highest BCUT2D eigenvalue weighted by Gasteiger charge is 2.54. The van der Waals surface area contributed by atoms with Gasteiger partial charge in [0.2, 0.25) is 0 Å². The number of fused-ring (bicyclic) bond motifs is 2. The van der Waals surface area contributed by atoms with Crippen LogP contribution in [0.3, 0.4) is 0 Å². The maximum Gasteiger partial charge on any atom is 0.311 e. The zero-order valence-electron chi connectivity index (χ0n) is 14.1. The summed E-state index contributed by atoms with van der Waals surface area (Å²) in [5.41, 5.74) is 1.66. The van der Waals surface area contributed by atoms with Gasteiger partial charge in [0.05, 0.1) is 11.1 Å². The zero-order chi connectivity index (χ0) is 16.9. The Bertz CT molecular complexity index is 881. The number of aromatic nitrogens is 2. The summed E-state index contributed by atoms with van der Waals surface area (Å²) >= 11 is 0. The van der Waals surface area contributed by atoms with Crippen molar-refractivity contribution in [3.63, 3.8) is 0 Å². The highest BCUT2D eigenvalue weighted by molar-refractivity contribution is 5.85. The highest BCUT2D eigenvalue weighted by atomic mass is 35.5. The summed E-state index contributed by atoms with van der Waals surface area (Å²) in [5.74, 6) is -0.451. The van der Waals surface area contributed by atoms with E-state index in [0.29, 0.717) is 18.7 Å². The van der Waals surface area contributed by atoms with Crippen molar-refractivity contribution >= 4 is 24.0 Å². The van der Waals surface area contributed by atoms with Crippen LogP contribution in [0.1, 0.15) is 30.5 Å². The summed E-state index contributed by atoms with van der Waals surface area (Å²) in [7, 11) is 0. The van der Waals surface area contributed by atoms with Crippen LogP contribution in [0.15, 0.2) is 29.2 Å². The lowest BCUT2D eigenvalue weighted by Crippen LogP contribution is -2.35. The summed E-state index contributed by atoms with van der Waals surface area (Å²) in [6.07, 6.45) is 4.47. The summed E-state index contributed by atoms with van der Waals surface area (Å²) in [5, 5.41) is 9.68. The molecular formula is C18H22ClN3O3. The van der Waals surface area contributed by atoms with Gasteiger partial charge in [-0.3, -0.25) is 18.9 Å². The molecule has 1 saturated carbocycles. The highest BCUT2D eigenvalue weighted by Crippen LogP contribution is 2.49. The van der Waals surface area contributed by atoms with Crippen molar-refractivity contribution in [3.05, 3.63) is 46.0 Å². The lowest BCUT2D eigenvalue weighted by molar-refractivity contribution is -0.149. The Morgan fingerprint density at radius 1 is 1.48 bits per heavy atom. The number of carbonyl (C=O) groups is 1. The number of likely N-dealkylation sites (tertiary alicyclic amines) is 1. The predicted octanol–water partition coefficient (Wildman–Crippen LogP) is 2.11. The monoisotopic (exact) mass is 363 g/mol. The summed E-state index contributed by atoms with van der Waals surface area (Å²) in [4.78, 5) is 30.9. The number of nitrogens with zero attached hydrogens (tertiary/aromatic N) is 3.